The number of carboxylic acid groups (broad SMARTS) is 1. The lowest BCUT2D eigenvalue weighted by atomic mass is 10.1. The molecule has 1 aliphatic carbocycles. The standard InChI is InChI=1S/C13H15N3O5/c1-14-13(19)8-2-5-10(16(20)21)11(6-8)15(7-12(17)18)9-3-4-9/h2,5-6,9H,3-4,7H2,1H3,(H,14,19)(H,17,18). The molecule has 8 nitrogen and oxygen atoms in total. The van der Waals surface area contributed by atoms with Crippen molar-refractivity contribution in [1.82, 2.24) is 5.32 Å². The topological polar surface area (TPSA) is 113 Å². The van der Waals surface area contributed by atoms with Crippen molar-refractivity contribution in [2.45, 2.75) is 18.9 Å². The van der Waals surface area contributed by atoms with Crippen molar-refractivity contribution in [2.24, 2.45) is 0 Å². The molecule has 8 heteroatoms. The maximum atomic E-state index is 11.7. The molecule has 1 amide bonds. The minimum atomic E-state index is -1.07. The first kappa shape index (κ1) is 14.8. The Morgan fingerprint density at radius 1 is 1.48 bits per heavy atom. The number of hydrogen-bond donors (Lipinski definition) is 2. The van der Waals surface area contributed by atoms with Crippen LogP contribution in [0, 0.1) is 10.1 Å². The number of nitrogens with zero attached hydrogens (tertiary/aromatic N) is 2. The van der Waals surface area contributed by atoms with Crippen LogP contribution >= 0.6 is 0 Å². The lowest BCUT2D eigenvalue weighted by molar-refractivity contribution is -0.384. The highest BCUT2D eigenvalue weighted by molar-refractivity contribution is 5.96. The van der Waals surface area contributed by atoms with E-state index >= 15 is 0 Å². The molecular formula is C13H15N3O5. The Morgan fingerprint density at radius 3 is 2.62 bits per heavy atom. The van der Waals surface area contributed by atoms with Gasteiger partial charge in [-0.2, -0.15) is 0 Å². The number of nitro benzene ring substituents is 1. The summed E-state index contributed by atoms with van der Waals surface area (Å²) in [4.78, 5) is 34.7. The first-order valence-corrected chi connectivity index (χ1v) is 6.43. The summed E-state index contributed by atoms with van der Waals surface area (Å²) in [7, 11) is 1.46. The Balaban J connectivity index is 2.47. The molecule has 0 aliphatic heterocycles. The number of anilines is 1. The summed E-state index contributed by atoms with van der Waals surface area (Å²) in [5, 5.41) is 22.6. The van der Waals surface area contributed by atoms with Crippen molar-refractivity contribution in [1.29, 1.82) is 0 Å². The van der Waals surface area contributed by atoms with Gasteiger partial charge in [0.25, 0.3) is 11.6 Å². The lowest BCUT2D eigenvalue weighted by Crippen LogP contribution is -2.32. The van der Waals surface area contributed by atoms with Crippen molar-refractivity contribution in [3.63, 3.8) is 0 Å². The summed E-state index contributed by atoms with van der Waals surface area (Å²) in [6.07, 6.45) is 1.57. The quantitative estimate of drug-likeness (QED) is 0.597. The second-order valence-corrected chi connectivity index (χ2v) is 4.79. The number of carboxylic acids is 1. The number of aliphatic carboxylic acids is 1. The molecule has 1 aromatic carbocycles. The number of nitrogens with one attached hydrogen (secondary N) is 1. The smallest absolute Gasteiger partial charge is 0.323 e. The lowest BCUT2D eigenvalue weighted by Gasteiger charge is -2.22. The number of rotatable bonds is 6. The Morgan fingerprint density at radius 2 is 2.14 bits per heavy atom. The maximum Gasteiger partial charge on any atom is 0.323 e. The fourth-order valence-electron chi connectivity index (χ4n) is 2.14. The average Bonchev–Trinajstić information content (AvgIpc) is 3.27. The Bertz CT molecular complexity index is 597. The van der Waals surface area contributed by atoms with Gasteiger partial charge in [-0.15, -0.1) is 0 Å². The molecule has 21 heavy (non-hydrogen) atoms. The fraction of sp³-hybridized carbons (Fsp3) is 0.385. The van der Waals surface area contributed by atoms with Crippen molar-refractivity contribution >= 4 is 23.3 Å². The number of carbonyl (C=O) groups is 2. The second-order valence-electron chi connectivity index (χ2n) is 4.79. The average molecular weight is 293 g/mol. The third-order valence-corrected chi connectivity index (χ3v) is 3.26. The maximum absolute atomic E-state index is 11.7. The monoisotopic (exact) mass is 293 g/mol. The van der Waals surface area contributed by atoms with Gasteiger partial charge < -0.3 is 15.3 Å². The van der Waals surface area contributed by atoms with Gasteiger partial charge in [-0.05, 0) is 25.0 Å². The van der Waals surface area contributed by atoms with Crippen molar-refractivity contribution < 1.29 is 19.6 Å². The third-order valence-electron chi connectivity index (χ3n) is 3.26. The highest BCUT2D eigenvalue weighted by Crippen LogP contribution is 2.37. The Hall–Kier alpha value is -2.64. The summed E-state index contributed by atoms with van der Waals surface area (Å²) < 4.78 is 0. The van der Waals surface area contributed by atoms with Gasteiger partial charge in [-0.3, -0.25) is 19.7 Å². The van der Waals surface area contributed by atoms with E-state index in [1.54, 1.807) is 0 Å². The van der Waals surface area contributed by atoms with Gasteiger partial charge in [0.15, 0.2) is 0 Å². The summed E-state index contributed by atoms with van der Waals surface area (Å²) in [6, 6.07) is 3.93. The molecule has 0 radical (unpaired) electrons. The van der Waals surface area contributed by atoms with E-state index < -0.39 is 10.9 Å². The van der Waals surface area contributed by atoms with Gasteiger partial charge in [0.1, 0.15) is 12.2 Å². The predicted octanol–water partition coefficient (Wildman–Crippen LogP) is 1.01. The van der Waals surface area contributed by atoms with Gasteiger partial charge in [0.05, 0.1) is 4.92 Å². The van der Waals surface area contributed by atoms with E-state index in [1.807, 2.05) is 0 Å². The highest BCUT2D eigenvalue weighted by Gasteiger charge is 2.34. The molecule has 1 fully saturated rings. The van der Waals surface area contributed by atoms with Crippen LogP contribution in [0.3, 0.4) is 0 Å². The van der Waals surface area contributed by atoms with Crippen LogP contribution in [-0.4, -0.2) is 41.5 Å². The van der Waals surface area contributed by atoms with Crippen LogP contribution in [0.4, 0.5) is 11.4 Å². The third kappa shape index (κ3) is 3.28. The molecule has 1 aliphatic rings. The van der Waals surface area contributed by atoms with Crippen LogP contribution in [0.5, 0.6) is 0 Å². The molecule has 0 bridgehead atoms. The first-order chi connectivity index (χ1) is 9.93. The molecule has 0 unspecified atom stereocenters. The van der Waals surface area contributed by atoms with Gasteiger partial charge in [-0.25, -0.2) is 0 Å². The zero-order chi connectivity index (χ0) is 15.6. The van der Waals surface area contributed by atoms with Crippen LogP contribution in [0.1, 0.15) is 23.2 Å². The van der Waals surface area contributed by atoms with Crippen molar-refractivity contribution in [2.75, 3.05) is 18.5 Å². The normalized spacial score (nSPS) is 13.6. The van der Waals surface area contributed by atoms with E-state index in [4.69, 9.17) is 5.11 Å². The highest BCUT2D eigenvalue weighted by atomic mass is 16.6. The summed E-state index contributed by atoms with van der Waals surface area (Å²) in [5.74, 6) is -1.45. The Labute approximate surface area is 120 Å². The molecule has 1 aromatic rings. The van der Waals surface area contributed by atoms with Gasteiger partial charge >= 0.3 is 5.97 Å². The van der Waals surface area contributed by atoms with Crippen LogP contribution in [0.15, 0.2) is 18.2 Å². The molecule has 0 atom stereocenters. The zero-order valence-corrected chi connectivity index (χ0v) is 11.4. The minimum absolute atomic E-state index is 0.0280. The van der Waals surface area contributed by atoms with Gasteiger partial charge in [0.2, 0.25) is 0 Å². The van der Waals surface area contributed by atoms with Crippen LogP contribution in [0.2, 0.25) is 0 Å². The molecule has 0 saturated heterocycles. The van der Waals surface area contributed by atoms with Crippen LogP contribution < -0.4 is 10.2 Å². The molecule has 0 spiro atoms. The Kier molecular flexibility index (Phi) is 4.06. The molecule has 0 aromatic heterocycles. The van der Waals surface area contributed by atoms with Crippen LogP contribution in [-0.2, 0) is 4.79 Å². The summed E-state index contributed by atoms with van der Waals surface area (Å²) in [5.41, 5.74) is 0.232. The predicted molar refractivity (Wildman–Crippen MR) is 74.5 cm³/mol. The van der Waals surface area contributed by atoms with E-state index in [0.717, 1.165) is 12.8 Å². The molecule has 1 saturated carbocycles. The number of amides is 1. The van der Waals surface area contributed by atoms with E-state index in [0.29, 0.717) is 0 Å². The zero-order valence-electron chi connectivity index (χ0n) is 11.4. The fourth-order valence-corrected chi connectivity index (χ4v) is 2.14. The van der Waals surface area contributed by atoms with E-state index in [1.165, 1.54) is 30.1 Å². The van der Waals surface area contributed by atoms with Gasteiger partial charge in [0, 0.05) is 24.7 Å². The number of carbonyl (C=O) groups excluding carboxylic acids is 1. The van der Waals surface area contributed by atoms with Gasteiger partial charge in [-0.1, -0.05) is 0 Å². The summed E-state index contributed by atoms with van der Waals surface area (Å²) >= 11 is 0. The molecule has 112 valence electrons. The molecule has 2 N–H and O–H groups in total. The molecule has 2 rings (SSSR count). The van der Waals surface area contributed by atoms with E-state index in [2.05, 4.69) is 5.32 Å². The second kappa shape index (κ2) is 5.78. The van der Waals surface area contributed by atoms with Crippen molar-refractivity contribution in [3.05, 3.63) is 33.9 Å². The molecular weight excluding hydrogens is 278 g/mol. The minimum Gasteiger partial charge on any atom is -0.480 e. The number of benzene rings is 1. The van der Waals surface area contributed by atoms with E-state index in [-0.39, 0.29) is 35.4 Å². The largest absolute Gasteiger partial charge is 0.480 e. The van der Waals surface area contributed by atoms with Crippen molar-refractivity contribution in [3.8, 4) is 0 Å². The number of hydrogen-bond acceptors (Lipinski definition) is 5. The summed E-state index contributed by atoms with van der Waals surface area (Å²) in [6.45, 7) is -0.331. The SMILES string of the molecule is CNC(=O)c1ccc([N+](=O)[O-])c(N(CC(=O)O)C2CC2)c1. The number of nitro groups is 1. The molecule has 0 heterocycles. The first-order valence-electron chi connectivity index (χ1n) is 6.43. The van der Waals surface area contributed by atoms with E-state index in [9.17, 15) is 19.7 Å². The van der Waals surface area contributed by atoms with Crippen LogP contribution in [0.25, 0.3) is 0 Å².